The van der Waals surface area contributed by atoms with Gasteiger partial charge in [-0.05, 0) is 60.9 Å². The van der Waals surface area contributed by atoms with E-state index in [1.807, 2.05) is 37.3 Å². The standard InChI is InChI=1S/C21H23NO4/c1-5-26-21-13-17(8-11-20(21)25-4)19(12-14(2)23)16-6-9-18(10-7-16)22-15(3)24/h6-13H,5H2,1-4H3,(H,22,24)/b19-12+. The van der Waals surface area contributed by atoms with Crippen molar-refractivity contribution in [3.8, 4) is 11.5 Å². The van der Waals surface area contributed by atoms with Crippen molar-refractivity contribution >= 4 is 23.0 Å². The lowest BCUT2D eigenvalue weighted by Gasteiger charge is -2.14. The van der Waals surface area contributed by atoms with E-state index in [1.165, 1.54) is 13.8 Å². The zero-order valence-corrected chi connectivity index (χ0v) is 15.5. The molecule has 0 saturated heterocycles. The smallest absolute Gasteiger partial charge is 0.221 e. The van der Waals surface area contributed by atoms with E-state index in [1.54, 1.807) is 25.3 Å². The van der Waals surface area contributed by atoms with Gasteiger partial charge >= 0.3 is 0 Å². The fourth-order valence-corrected chi connectivity index (χ4v) is 2.59. The van der Waals surface area contributed by atoms with Gasteiger partial charge in [-0.25, -0.2) is 0 Å². The summed E-state index contributed by atoms with van der Waals surface area (Å²) >= 11 is 0. The molecule has 0 radical (unpaired) electrons. The Kier molecular flexibility index (Phi) is 6.55. The quantitative estimate of drug-likeness (QED) is 0.762. The molecule has 0 saturated carbocycles. The Hall–Kier alpha value is -3.08. The second-order valence-corrected chi connectivity index (χ2v) is 5.73. The van der Waals surface area contributed by atoms with Gasteiger partial charge in [0.25, 0.3) is 0 Å². The average Bonchev–Trinajstić information content (AvgIpc) is 2.60. The summed E-state index contributed by atoms with van der Waals surface area (Å²) in [6.45, 7) is 5.39. The molecule has 0 fully saturated rings. The summed E-state index contributed by atoms with van der Waals surface area (Å²) in [5.41, 5.74) is 3.18. The number of ether oxygens (including phenoxy) is 2. The Morgan fingerprint density at radius 3 is 2.19 bits per heavy atom. The minimum Gasteiger partial charge on any atom is -0.493 e. The van der Waals surface area contributed by atoms with Crippen molar-refractivity contribution < 1.29 is 19.1 Å². The van der Waals surface area contributed by atoms with Gasteiger partial charge in [-0.2, -0.15) is 0 Å². The molecular formula is C21H23NO4. The number of hydrogen-bond acceptors (Lipinski definition) is 4. The lowest BCUT2D eigenvalue weighted by atomic mass is 9.96. The van der Waals surface area contributed by atoms with Crippen LogP contribution in [0.1, 0.15) is 31.9 Å². The summed E-state index contributed by atoms with van der Waals surface area (Å²) < 4.78 is 11.0. The highest BCUT2D eigenvalue weighted by Crippen LogP contribution is 2.33. The molecule has 2 aromatic carbocycles. The Morgan fingerprint density at radius 1 is 1.00 bits per heavy atom. The van der Waals surface area contributed by atoms with Crippen LogP contribution in [0.4, 0.5) is 5.69 Å². The molecule has 0 aliphatic rings. The maximum Gasteiger partial charge on any atom is 0.221 e. The first kappa shape index (κ1) is 19.2. The molecule has 0 atom stereocenters. The van der Waals surface area contributed by atoms with Crippen LogP contribution < -0.4 is 14.8 Å². The number of allylic oxidation sites excluding steroid dienone is 1. The normalized spacial score (nSPS) is 11.0. The number of anilines is 1. The van der Waals surface area contributed by atoms with E-state index in [-0.39, 0.29) is 11.7 Å². The Balaban J connectivity index is 2.47. The van der Waals surface area contributed by atoms with Crippen LogP contribution in [0.2, 0.25) is 0 Å². The number of carbonyl (C=O) groups is 2. The Bertz CT molecular complexity index is 822. The highest BCUT2D eigenvalue weighted by Gasteiger charge is 2.11. The fourth-order valence-electron chi connectivity index (χ4n) is 2.59. The zero-order valence-electron chi connectivity index (χ0n) is 15.5. The van der Waals surface area contributed by atoms with Gasteiger partial charge in [0.15, 0.2) is 17.3 Å². The lowest BCUT2D eigenvalue weighted by molar-refractivity contribution is -0.114. The van der Waals surface area contributed by atoms with Crippen LogP contribution in [0.3, 0.4) is 0 Å². The van der Waals surface area contributed by atoms with Gasteiger partial charge in [-0.1, -0.05) is 18.2 Å². The van der Waals surface area contributed by atoms with Crippen molar-refractivity contribution in [2.75, 3.05) is 19.0 Å². The third-order valence-electron chi connectivity index (χ3n) is 3.64. The highest BCUT2D eigenvalue weighted by molar-refractivity contribution is 5.99. The Labute approximate surface area is 153 Å². The van der Waals surface area contributed by atoms with Gasteiger partial charge < -0.3 is 14.8 Å². The number of hydrogen-bond donors (Lipinski definition) is 1. The second kappa shape index (κ2) is 8.85. The van der Waals surface area contributed by atoms with E-state index in [0.717, 1.165) is 16.7 Å². The number of ketones is 1. The zero-order chi connectivity index (χ0) is 19.1. The van der Waals surface area contributed by atoms with E-state index >= 15 is 0 Å². The van der Waals surface area contributed by atoms with E-state index in [0.29, 0.717) is 23.8 Å². The molecule has 0 spiro atoms. The first-order valence-electron chi connectivity index (χ1n) is 8.36. The average molecular weight is 353 g/mol. The topological polar surface area (TPSA) is 64.6 Å². The fraction of sp³-hybridized carbons (Fsp3) is 0.238. The molecule has 26 heavy (non-hydrogen) atoms. The van der Waals surface area contributed by atoms with Gasteiger partial charge in [0.05, 0.1) is 13.7 Å². The van der Waals surface area contributed by atoms with Crippen LogP contribution in [-0.4, -0.2) is 25.4 Å². The minimum absolute atomic E-state index is 0.0558. The number of carbonyl (C=O) groups excluding carboxylic acids is 2. The SMILES string of the molecule is CCOc1cc(/C(=C/C(C)=O)c2ccc(NC(C)=O)cc2)ccc1OC. The van der Waals surface area contributed by atoms with Gasteiger partial charge in [0, 0.05) is 12.6 Å². The number of methoxy groups -OCH3 is 1. The van der Waals surface area contributed by atoms with Crippen LogP contribution in [0.5, 0.6) is 11.5 Å². The van der Waals surface area contributed by atoms with E-state index < -0.39 is 0 Å². The first-order chi connectivity index (χ1) is 12.4. The molecule has 1 amide bonds. The maximum absolute atomic E-state index is 11.8. The van der Waals surface area contributed by atoms with Crippen LogP contribution >= 0.6 is 0 Å². The summed E-state index contributed by atoms with van der Waals surface area (Å²) in [7, 11) is 1.59. The molecule has 0 bridgehead atoms. The van der Waals surface area contributed by atoms with Crippen LogP contribution in [0, 0.1) is 0 Å². The molecule has 0 aliphatic heterocycles. The van der Waals surface area contributed by atoms with Crippen molar-refractivity contribution in [1.82, 2.24) is 0 Å². The van der Waals surface area contributed by atoms with Crippen LogP contribution in [-0.2, 0) is 9.59 Å². The van der Waals surface area contributed by atoms with Gasteiger partial charge in [0.2, 0.25) is 5.91 Å². The molecule has 136 valence electrons. The summed E-state index contributed by atoms with van der Waals surface area (Å²) in [4.78, 5) is 22.9. The molecule has 1 N–H and O–H groups in total. The highest BCUT2D eigenvalue weighted by atomic mass is 16.5. The molecular weight excluding hydrogens is 330 g/mol. The number of benzene rings is 2. The summed E-state index contributed by atoms with van der Waals surface area (Å²) in [5, 5.41) is 2.73. The third kappa shape index (κ3) is 4.96. The molecule has 0 aromatic heterocycles. The molecule has 5 heteroatoms. The van der Waals surface area contributed by atoms with E-state index in [9.17, 15) is 9.59 Å². The largest absolute Gasteiger partial charge is 0.493 e. The minimum atomic E-state index is -0.131. The first-order valence-corrected chi connectivity index (χ1v) is 8.36. The monoisotopic (exact) mass is 353 g/mol. The van der Waals surface area contributed by atoms with Crippen molar-refractivity contribution in [2.45, 2.75) is 20.8 Å². The molecule has 0 aliphatic carbocycles. The van der Waals surface area contributed by atoms with E-state index in [4.69, 9.17) is 9.47 Å². The summed E-state index contributed by atoms with van der Waals surface area (Å²) in [5.74, 6) is 1.07. The lowest BCUT2D eigenvalue weighted by Crippen LogP contribution is -2.05. The predicted octanol–water partition coefficient (Wildman–Crippen LogP) is 4.07. The van der Waals surface area contributed by atoms with Crippen LogP contribution in [0.25, 0.3) is 5.57 Å². The van der Waals surface area contributed by atoms with Crippen molar-refractivity contribution in [3.05, 3.63) is 59.7 Å². The molecule has 0 unspecified atom stereocenters. The van der Waals surface area contributed by atoms with Crippen molar-refractivity contribution in [3.63, 3.8) is 0 Å². The van der Waals surface area contributed by atoms with Crippen LogP contribution in [0.15, 0.2) is 48.5 Å². The maximum atomic E-state index is 11.8. The van der Waals surface area contributed by atoms with Gasteiger partial charge in [0.1, 0.15) is 0 Å². The number of amides is 1. The predicted molar refractivity (Wildman–Crippen MR) is 103 cm³/mol. The number of nitrogens with one attached hydrogen (secondary N) is 1. The van der Waals surface area contributed by atoms with Crippen molar-refractivity contribution in [1.29, 1.82) is 0 Å². The van der Waals surface area contributed by atoms with Gasteiger partial charge in [-0.15, -0.1) is 0 Å². The van der Waals surface area contributed by atoms with Gasteiger partial charge in [-0.3, -0.25) is 9.59 Å². The summed E-state index contributed by atoms with van der Waals surface area (Å²) in [6, 6.07) is 12.9. The van der Waals surface area contributed by atoms with Crippen molar-refractivity contribution in [2.24, 2.45) is 0 Å². The molecule has 2 aromatic rings. The van der Waals surface area contributed by atoms with E-state index in [2.05, 4.69) is 5.32 Å². The molecule has 0 heterocycles. The molecule has 2 rings (SSSR count). The Morgan fingerprint density at radius 2 is 1.65 bits per heavy atom. The molecule has 5 nitrogen and oxygen atoms in total. The summed E-state index contributed by atoms with van der Waals surface area (Å²) in [6.07, 6.45) is 1.59. The second-order valence-electron chi connectivity index (χ2n) is 5.73. The number of rotatable bonds is 7. The third-order valence-corrected chi connectivity index (χ3v) is 3.64.